The minimum atomic E-state index is -2.56. The van der Waals surface area contributed by atoms with Crippen molar-refractivity contribution in [2.45, 2.75) is 51.6 Å². The molecular weight excluding hydrogens is 500 g/mol. The van der Waals surface area contributed by atoms with Gasteiger partial charge < -0.3 is 26.2 Å². The Morgan fingerprint density at radius 3 is 2.46 bits per heavy atom. The Kier molecular flexibility index (Phi) is 6.76. The molecule has 9 nitrogen and oxygen atoms in total. The lowest BCUT2D eigenvalue weighted by atomic mass is 9.60. The molecule has 1 aliphatic heterocycles. The van der Waals surface area contributed by atoms with Crippen LogP contribution in [0, 0.1) is 11.8 Å². The van der Waals surface area contributed by atoms with Crippen molar-refractivity contribution in [3.05, 3.63) is 69.2 Å². The second-order valence-electron chi connectivity index (χ2n) is 11.2. The normalized spacial score (nSPS) is 28.0. The average molecular weight is 535 g/mol. The first kappa shape index (κ1) is 26.9. The summed E-state index contributed by atoms with van der Waals surface area (Å²) in [7, 11) is 0. The highest BCUT2D eigenvalue weighted by molar-refractivity contribution is 6.24. The number of ketones is 2. The van der Waals surface area contributed by atoms with Crippen molar-refractivity contribution in [1.29, 1.82) is 0 Å². The van der Waals surface area contributed by atoms with Gasteiger partial charge in [0, 0.05) is 24.5 Å². The van der Waals surface area contributed by atoms with Gasteiger partial charge in [0.25, 0.3) is 5.91 Å². The van der Waals surface area contributed by atoms with E-state index in [1.807, 2.05) is 13.0 Å². The molecule has 0 unspecified atom stereocenters. The van der Waals surface area contributed by atoms with Gasteiger partial charge in [-0.25, -0.2) is 0 Å². The fourth-order valence-corrected chi connectivity index (χ4v) is 6.69. The molecule has 1 fully saturated rings. The number of hydrogen-bond acceptors (Lipinski definition) is 8. The molecule has 6 N–H and O–H groups in total. The molecule has 1 aromatic carbocycles. The van der Waals surface area contributed by atoms with Crippen molar-refractivity contribution in [1.82, 2.24) is 4.90 Å². The number of aliphatic hydroxyl groups is 3. The summed E-state index contributed by atoms with van der Waals surface area (Å²) in [4.78, 5) is 41.0. The molecule has 5 rings (SSSR count). The van der Waals surface area contributed by atoms with Crippen LogP contribution >= 0.6 is 0 Å². The number of aromatic hydroxyl groups is 1. The van der Waals surface area contributed by atoms with Crippen LogP contribution in [0.3, 0.4) is 0 Å². The molecule has 39 heavy (non-hydrogen) atoms. The Bertz CT molecular complexity index is 1410. The van der Waals surface area contributed by atoms with Crippen molar-refractivity contribution in [2.75, 3.05) is 19.6 Å². The summed E-state index contributed by atoms with van der Waals surface area (Å²) in [6.07, 6.45) is 6.64. The number of carbonyl (C=O) groups is 3. The molecule has 0 saturated carbocycles. The number of rotatable bonds is 5. The van der Waals surface area contributed by atoms with Crippen LogP contribution in [0.25, 0.3) is 5.57 Å². The van der Waals surface area contributed by atoms with E-state index in [1.54, 1.807) is 6.07 Å². The third-order valence-electron chi connectivity index (χ3n) is 8.66. The van der Waals surface area contributed by atoms with Crippen molar-refractivity contribution in [3.63, 3.8) is 0 Å². The number of likely N-dealkylation sites (tertiary alicyclic amines) is 1. The number of amides is 1. The van der Waals surface area contributed by atoms with Crippen molar-refractivity contribution >= 4 is 23.0 Å². The number of fused-ring (bicyclic) bond motifs is 3. The molecule has 3 aliphatic carbocycles. The number of carbonyl (C=O) groups excluding carboxylic acids is 3. The molecule has 206 valence electrons. The van der Waals surface area contributed by atoms with E-state index in [9.17, 15) is 34.8 Å². The van der Waals surface area contributed by atoms with Crippen molar-refractivity contribution < 1.29 is 34.8 Å². The van der Waals surface area contributed by atoms with Crippen LogP contribution in [0.1, 0.15) is 61.0 Å². The molecule has 0 radical (unpaired) electrons. The van der Waals surface area contributed by atoms with Gasteiger partial charge in [0.1, 0.15) is 22.8 Å². The summed E-state index contributed by atoms with van der Waals surface area (Å²) < 4.78 is 0. The van der Waals surface area contributed by atoms with Gasteiger partial charge in [0.15, 0.2) is 11.4 Å². The third-order valence-corrected chi connectivity index (χ3v) is 8.66. The Hall–Kier alpha value is -3.69. The number of aliphatic hydroxyl groups excluding tert-OH is 2. The molecule has 9 heteroatoms. The maximum absolute atomic E-state index is 13.7. The minimum Gasteiger partial charge on any atom is -0.511 e. The summed E-state index contributed by atoms with van der Waals surface area (Å²) in [6.45, 7) is 7.12. The summed E-state index contributed by atoms with van der Waals surface area (Å²) in [5, 5.41) is 43.6. The van der Waals surface area contributed by atoms with E-state index in [2.05, 4.69) is 17.9 Å². The van der Waals surface area contributed by atoms with E-state index >= 15 is 0 Å². The van der Waals surface area contributed by atoms with Gasteiger partial charge in [0.05, 0.1) is 5.56 Å². The monoisotopic (exact) mass is 534 g/mol. The van der Waals surface area contributed by atoms with Crippen LogP contribution in [0.2, 0.25) is 0 Å². The zero-order valence-electron chi connectivity index (χ0n) is 22.2. The molecule has 1 saturated heterocycles. The maximum Gasteiger partial charge on any atom is 0.255 e. The van der Waals surface area contributed by atoms with Gasteiger partial charge in [-0.3, -0.25) is 19.3 Å². The van der Waals surface area contributed by atoms with Crippen molar-refractivity contribution in [2.24, 2.45) is 17.6 Å². The fraction of sp³-hybridized carbons (Fsp3) is 0.433. The predicted molar refractivity (Wildman–Crippen MR) is 144 cm³/mol. The molecule has 0 aromatic heterocycles. The first-order valence-corrected chi connectivity index (χ1v) is 13.3. The zero-order chi connectivity index (χ0) is 28.2. The highest BCUT2D eigenvalue weighted by atomic mass is 16.3. The van der Waals surface area contributed by atoms with E-state index in [0.29, 0.717) is 5.56 Å². The quantitative estimate of drug-likeness (QED) is 0.284. The standard InChI is InChI=1S/C30H34N2O7/c1-15(14-32-9-3-4-10-32)5-6-16(2)19-7-8-21(33)24-20(19)12-17-11-18-13-22(34)25(29(31)38)28(37)30(18,39)27(36)23(17)26(24)35/h5-8,17-18,33-34,36,39H,3-4,9-14H2,1-2H3,(H2,31,38)/b15-5+,16-6+/t17-,18+,30+/m1/s1. The molecule has 0 bridgehead atoms. The molecule has 1 heterocycles. The third kappa shape index (κ3) is 4.30. The van der Waals surface area contributed by atoms with Crippen LogP contribution in [0.5, 0.6) is 5.75 Å². The first-order valence-electron chi connectivity index (χ1n) is 13.3. The minimum absolute atomic E-state index is 0.0228. The van der Waals surface area contributed by atoms with Crippen LogP contribution in [-0.2, 0) is 16.0 Å². The van der Waals surface area contributed by atoms with Crippen LogP contribution in [0.15, 0.2) is 52.5 Å². The number of allylic oxidation sites excluding steroid dienone is 5. The van der Waals surface area contributed by atoms with Crippen LogP contribution in [0.4, 0.5) is 0 Å². The number of nitrogens with zero attached hydrogens (tertiary/aromatic N) is 1. The molecule has 1 amide bonds. The van der Waals surface area contributed by atoms with Crippen molar-refractivity contribution in [3.8, 4) is 5.75 Å². The fourth-order valence-electron chi connectivity index (χ4n) is 6.69. The lowest BCUT2D eigenvalue weighted by Crippen LogP contribution is -2.57. The van der Waals surface area contributed by atoms with Gasteiger partial charge in [-0.15, -0.1) is 0 Å². The number of phenols is 1. The topological polar surface area (TPSA) is 161 Å². The van der Waals surface area contributed by atoms with Crippen LogP contribution in [-0.4, -0.2) is 68.0 Å². The smallest absolute Gasteiger partial charge is 0.255 e. The summed E-state index contributed by atoms with van der Waals surface area (Å²) >= 11 is 0. The zero-order valence-corrected chi connectivity index (χ0v) is 22.2. The highest BCUT2D eigenvalue weighted by Crippen LogP contribution is 2.52. The number of nitrogens with two attached hydrogens (primary N) is 1. The predicted octanol–water partition coefficient (Wildman–Crippen LogP) is 3.03. The van der Waals surface area contributed by atoms with Gasteiger partial charge in [-0.05, 0) is 81.3 Å². The number of phenolic OH excluding ortho intramolecular Hbond substituents is 1. The molecule has 1 aromatic rings. The number of benzene rings is 1. The lowest BCUT2D eigenvalue weighted by Gasteiger charge is -2.45. The first-order chi connectivity index (χ1) is 18.4. The largest absolute Gasteiger partial charge is 0.511 e. The van der Waals surface area contributed by atoms with Crippen LogP contribution < -0.4 is 5.73 Å². The van der Waals surface area contributed by atoms with E-state index in [4.69, 9.17) is 5.73 Å². The molecule has 0 spiro atoms. The Morgan fingerprint density at radius 1 is 1.10 bits per heavy atom. The number of Topliss-reactive ketones (excluding diaryl/α,β-unsaturated/α-hetero) is 2. The van der Waals surface area contributed by atoms with E-state index in [-0.39, 0.29) is 36.1 Å². The SMILES string of the molecule is C/C(=C\C=C(/C)c1ccc(O)c2c1C[C@H]1C[C@H]3CC(O)=C(C(N)=O)C(=O)[C@@]3(O)C(O)=C1C2=O)CN1CCCC1. The molecular formula is C30H34N2O7. The van der Waals surface area contributed by atoms with E-state index in [0.717, 1.165) is 30.8 Å². The Labute approximate surface area is 226 Å². The average Bonchev–Trinajstić information content (AvgIpc) is 3.37. The van der Waals surface area contributed by atoms with E-state index < -0.39 is 52.0 Å². The number of hydrogen-bond donors (Lipinski definition) is 5. The Balaban J connectivity index is 1.53. The molecule has 4 aliphatic rings. The second-order valence-corrected chi connectivity index (χ2v) is 11.2. The Morgan fingerprint density at radius 2 is 1.79 bits per heavy atom. The molecule has 3 atom stereocenters. The lowest BCUT2D eigenvalue weighted by molar-refractivity contribution is -0.144. The van der Waals surface area contributed by atoms with Gasteiger partial charge in [0.2, 0.25) is 5.78 Å². The van der Waals surface area contributed by atoms with Gasteiger partial charge >= 0.3 is 0 Å². The van der Waals surface area contributed by atoms with E-state index in [1.165, 1.54) is 24.5 Å². The number of primary amides is 1. The maximum atomic E-state index is 13.7. The second kappa shape index (κ2) is 9.81. The summed E-state index contributed by atoms with van der Waals surface area (Å²) in [5.41, 5.74) is 5.32. The summed E-state index contributed by atoms with van der Waals surface area (Å²) in [6, 6.07) is 3.20. The summed E-state index contributed by atoms with van der Waals surface area (Å²) in [5.74, 6) is -6.27. The van der Waals surface area contributed by atoms with Gasteiger partial charge in [-0.1, -0.05) is 23.8 Å². The highest BCUT2D eigenvalue weighted by Gasteiger charge is 2.59. The van der Waals surface area contributed by atoms with Gasteiger partial charge in [-0.2, -0.15) is 0 Å².